The smallest absolute Gasteiger partial charge is 0.307 e. The monoisotopic (exact) mass is 276 g/mol. The third-order valence-corrected chi connectivity index (χ3v) is 3.23. The molecule has 2 unspecified atom stereocenters. The van der Waals surface area contributed by atoms with E-state index in [2.05, 4.69) is 5.32 Å². The molecule has 20 heavy (non-hydrogen) atoms. The van der Waals surface area contributed by atoms with E-state index in [0.717, 1.165) is 0 Å². The van der Waals surface area contributed by atoms with E-state index in [0.29, 0.717) is 17.7 Å². The first-order valence-corrected chi connectivity index (χ1v) is 6.25. The number of hydrogen-bond acceptors (Lipinski definition) is 3. The number of rotatable bonds is 4. The van der Waals surface area contributed by atoms with E-state index >= 15 is 0 Å². The molecular formula is C14H16N2O4. The van der Waals surface area contributed by atoms with Crippen LogP contribution < -0.4 is 5.32 Å². The average Bonchev–Trinajstić information content (AvgIpc) is 3.18. The van der Waals surface area contributed by atoms with Crippen molar-refractivity contribution in [2.75, 3.05) is 19.4 Å². The summed E-state index contributed by atoms with van der Waals surface area (Å²) >= 11 is 0. The molecule has 0 heterocycles. The summed E-state index contributed by atoms with van der Waals surface area (Å²) in [6.45, 7) is 0. The van der Waals surface area contributed by atoms with Crippen molar-refractivity contribution in [2.45, 2.75) is 6.42 Å². The van der Waals surface area contributed by atoms with Gasteiger partial charge in [0.2, 0.25) is 5.91 Å². The molecular weight excluding hydrogens is 260 g/mol. The molecule has 0 spiro atoms. The van der Waals surface area contributed by atoms with E-state index in [4.69, 9.17) is 5.11 Å². The second kappa shape index (κ2) is 5.32. The standard InChI is InChI=1S/C14H16N2O4/c1-16(2)13(18)8-4-3-5-9(6-8)15-12(17)10-7-11(10)14(19)20/h3-6,10-11H,7H2,1-2H3,(H,15,17)(H,19,20). The van der Waals surface area contributed by atoms with Crippen molar-refractivity contribution in [3.8, 4) is 0 Å². The van der Waals surface area contributed by atoms with Gasteiger partial charge in [0.05, 0.1) is 11.8 Å². The van der Waals surface area contributed by atoms with Crippen LogP contribution in [0.4, 0.5) is 5.69 Å². The van der Waals surface area contributed by atoms with Crippen molar-refractivity contribution in [1.29, 1.82) is 0 Å². The summed E-state index contributed by atoms with van der Waals surface area (Å²) in [7, 11) is 3.30. The molecule has 6 heteroatoms. The summed E-state index contributed by atoms with van der Waals surface area (Å²) < 4.78 is 0. The van der Waals surface area contributed by atoms with Gasteiger partial charge in [-0.1, -0.05) is 6.07 Å². The fourth-order valence-corrected chi connectivity index (χ4v) is 1.98. The summed E-state index contributed by atoms with van der Waals surface area (Å²) in [5.41, 5.74) is 0.970. The van der Waals surface area contributed by atoms with Crippen molar-refractivity contribution in [2.24, 2.45) is 11.8 Å². The van der Waals surface area contributed by atoms with Crippen LogP contribution in [0.5, 0.6) is 0 Å². The van der Waals surface area contributed by atoms with Gasteiger partial charge < -0.3 is 15.3 Å². The predicted octanol–water partition coefficient (Wildman–Crippen LogP) is 1.05. The van der Waals surface area contributed by atoms with Crippen molar-refractivity contribution >= 4 is 23.5 Å². The molecule has 1 saturated carbocycles. The number of anilines is 1. The quantitative estimate of drug-likeness (QED) is 0.860. The highest BCUT2D eigenvalue weighted by Gasteiger charge is 2.48. The fourth-order valence-electron chi connectivity index (χ4n) is 1.98. The Bertz CT molecular complexity index is 568. The zero-order valence-electron chi connectivity index (χ0n) is 11.3. The van der Waals surface area contributed by atoms with Crippen LogP contribution in [0.15, 0.2) is 24.3 Å². The molecule has 0 aliphatic heterocycles. The van der Waals surface area contributed by atoms with E-state index in [1.54, 1.807) is 38.4 Å². The minimum atomic E-state index is -0.943. The van der Waals surface area contributed by atoms with Crippen LogP contribution in [0, 0.1) is 11.8 Å². The Morgan fingerprint density at radius 3 is 2.50 bits per heavy atom. The number of amides is 2. The lowest BCUT2D eigenvalue weighted by Crippen LogP contribution is -2.22. The van der Waals surface area contributed by atoms with Gasteiger partial charge in [0.1, 0.15) is 0 Å². The number of aliphatic carboxylic acids is 1. The number of carbonyl (C=O) groups is 3. The number of carboxylic acid groups (broad SMARTS) is 1. The lowest BCUT2D eigenvalue weighted by Gasteiger charge is -2.11. The number of carboxylic acids is 1. The summed E-state index contributed by atoms with van der Waals surface area (Å²) in [6.07, 6.45) is 0.373. The van der Waals surface area contributed by atoms with Crippen LogP contribution in [0.1, 0.15) is 16.8 Å². The first-order valence-electron chi connectivity index (χ1n) is 6.25. The molecule has 1 fully saturated rings. The second-order valence-corrected chi connectivity index (χ2v) is 5.06. The molecule has 106 valence electrons. The van der Waals surface area contributed by atoms with Crippen LogP contribution in [0.25, 0.3) is 0 Å². The minimum Gasteiger partial charge on any atom is -0.481 e. The molecule has 2 rings (SSSR count). The first kappa shape index (κ1) is 14.0. The first-order chi connectivity index (χ1) is 9.40. The van der Waals surface area contributed by atoms with Gasteiger partial charge in [-0.05, 0) is 24.6 Å². The molecule has 6 nitrogen and oxygen atoms in total. The highest BCUT2D eigenvalue weighted by atomic mass is 16.4. The predicted molar refractivity (Wildman–Crippen MR) is 72.3 cm³/mol. The van der Waals surface area contributed by atoms with E-state index in [1.165, 1.54) is 4.90 Å². The lowest BCUT2D eigenvalue weighted by atomic mass is 10.1. The van der Waals surface area contributed by atoms with Gasteiger partial charge in [-0.2, -0.15) is 0 Å². The Hall–Kier alpha value is -2.37. The van der Waals surface area contributed by atoms with Crippen molar-refractivity contribution in [3.05, 3.63) is 29.8 Å². The average molecular weight is 276 g/mol. The van der Waals surface area contributed by atoms with E-state index in [-0.39, 0.29) is 11.8 Å². The van der Waals surface area contributed by atoms with Gasteiger partial charge >= 0.3 is 5.97 Å². The zero-order valence-corrected chi connectivity index (χ0v) is 11.3. The Balaban J connectivity index is 2.04. The van der Waals surface area contributed by atoms with E-state index in [9.17, 15) is 14.4 Å². The van der Waals surface area contributed by atoms with Crippen molar-refractivity contribution in [3.63, 3.8) is 0 Å². The molecule has 0 saturated heterocycles. The van der Waals surface area contributed by atoms with Gasteiger partial charge in [0.15, 0.2) is 0 Å². The summed E-state index contributed by atoms with van der Waals surface area (Å²) in [5, 5.41) is 11.4. The van der Waals surface area contributed by atoms with Crippen LogP contribution >= 0.6 is 0 Å². The topological polar surface area (TPSA) is 86.7 Å². The largest absolute Gasteiger partial charge is 0.481 e. The minimum absolute atomic E-state index is 0.157. The maximum Gasteiger partial charge on any atom is 0.307 e. The van der Waals surface area contributed by atoms with Crippen LogP contribution in [-0.2, 0) is 9.59 Å². The van der Waals surface area contributed by atoms with Gasteiger partial charge in [-0.15, -0.1) is 0 Å². The summed E-state index contributed by atoms with van der Waals surface area (Å²) in [6, 6.07) is 6.59. The van der Waals surface area contributed by atoms with Crippen LogP contribution in [0.3, 0.4) is 0 Å². The van der Waals surface area contributed by atoms with Crippen molar-refractivity contribution < 1.29 is 19.5 Å². The number of nitrogens with one attached hydrogen (secondary N) is 1. The van der Waals surface area contributed by atoms with Crippen molar-refractivity contribution in [1.82, 2.24) is 4.90 Å². The second-order valence-electron chi connectivity index (χ2n) is 5.06. The molecule has 2 N–H and O–H groups in total. The SMILES string of the molecule is CN(C)C(=O)c1cccc(NC(=O)C2CC2C(=O)O)c1. The van der Waals surface area contributed by atoms with E-state index < -0.39 is 17.8 Å². The molecule has 2 atom stereocenters. The lowest BCUT2D eigenvalue weighted by molar-refractivity contribution is -0.139. The molecule has 2 amide bonds. The van der Waals surface area contributed by atoms with Crippen LogP contribution in [0.2, 0.25) is 0 Å². The Labute approximate surface area is 116 Å². The molecule has 0 bridgehead atoms. The van der Waals surface area contributed by atoms with Crippen LogP contribution in [-0.4, -0.2) is 41.9 Å². The number of hydrogen-bond donors (Lipinski definition) is 2. The molecule has 0 aromatic heterocycles. The molecule has 1 aromatic carbocycles. The highest BCUT2D eigenvalue weighted by molar-refractivity contribution is 6.00. The van der Waals surface area contributed by atoms with Gasteiger partial charge in [0.25, 0.3) is 5.91 Å². The summed E-state index contributed by atoms with van der Waals surface area (Å²) in [4.78, 5) is 35.8. The Kier molecular flexibility index (Phi) is 3.74. The number of benzene rings is 1. The molecule has 1 aromatic rings. The third kappa shape index (κ3) is 2.96. The maximum atomic E-state index is 11.8. The third-order valence-electron chi connectivity index (χ3n) is 3.23. The molecule has 0 radical (unpaired) electrons. The maximum absolute atomic E-state index is 11.8. The van der Waals surface area contributed by atoms with Gasteiger partial charge in [0, 0.05) is 25.3 Å². The number of carbonyl (C=O) groups excluding carboxylic acids is 2. The molecule has 1 aliphatic carbocycles. The molecule has 1 aliphatic rings. The Morgan fingerprint density at radius 2 is 1.95 bits per heavy atom. The van der Waals surface area contributed by atoms with Gasteiger partial charge in [-0.25, -0.2) is 0 Å². The Morgan fingerprint density at radius 1 is 1.25 bits per heavy atom. The number of nitrogens with zero attached hydrogens (tertiary/aromatic N) is 1. The fraction of sp³-hybridized carbons (Fsp3) is 0.357. The van der Waals surface area contributed by atoms with Gasteiger partial charge in [-0.3, -0.25) is 14.4 Å². The zero-order chi connectivity index (χ0) is 14.9. The normalized spacial score (nSPS) is 20.1. The van der Waals surface area contributed by atoms with E-state index in [1.807, 2.05) is 0 Å². The highest BCUT2D eigenvalue weighted by Crippen LogP contribution is 2.39. The summed E-state index contributed by atoms with van der Waals surface area (Å²) in [5.74, 6) is -2.47.